The second kappa shape index (κ2) is 5.46. The second-order valence-electron chi connectivity index (χ2n) is 4.09. The van der Waals surface area contributed by atoms with Crippen LogP contribution < -0.4 is 4.72 Å². The van der Waals surface area contributed by atoms with Crippen LogP contribution in [0.3, 0.4) is 0 Å². The van der Waals surface area contributed by atoms with Gasteiger partial charge in [-0.1, -0.05) is 12.1 Å². The van der Waals surface area contributed by atoms with Gasteiger partial charge in [0, 0.05) is 0 Å². The third kappa shape index (κ3) is 3.05. The van der Waals surface area contributed by atoms with Crippen molar-refractivity contribution in [2.45, 2.75) is 17.4 Å². The lowest BCUT2D eigenvalue weighted by molar-refractivity contribution is 0.122. The van der Waals surface area contributed by atoms with E-state index in [0.29, 0.717) is 0 Å². The number of benzene rings is 1. The Labute approximate surface area is 106 Å². The number of sulfonamides is 1. The molecule has 1 aromatic rings. The smallest absolute Gasteiger partial charge is 0.242 e. The van der Waals surface area contributed by atoms with Crippen molar-refractivity contribution in [3.63, 3.8) is 0 Å². The molecule has 7 heteroatoms. The minimum atomic E-state index is -3.98. The Morgan fingerprint density at radius 3 is 2.39 bits per heavy atom. The van der Waals surface area contributed by atoms with Crippen molar-refractivity contribution in [2.75, 3.05) is 13.2 Å². The van der Waals surface area contributed by atoms with Crippen molar-refractivity contribution in [3.8, 4) is 6.07 Å². The predicted molar refractivity (Wildman–Crippen MR) is 64.1 cm³/mol. The molecule has 0 aromatic heterocycles. The highest BCUT2D eigenvalue weighted by Crippen LogP contribution is 2.16. The Morgan fingerprint density at radius 2 is 1.89 bits per heavy atom. The van der Waals surface area contributed by atoms with Gasteiger partial charge in [0.15, 0.2) is 0 Å². The summed E-state index contributed by atoms with van der Waals surface area (Å²) in [6, 6.07) is 7.49. The van der Waals surface area contributed by atoms with Crippen molar-refractivity contribution >= 4 is 10.0 Å². The molecule has 18 heavy (non-hydrogen) atoms. The maximum Gasteiger partial charge on any atom is 0.242 e. The first-order valence-electron chi connectivity index (χ1n) is 5.13. The van der Waals surface area contributed by atoms with E-state index in [1.54, 1.807) is 12.1 Å². The summed E-state index contributed by atoms with van der Waals surface area (Å²) in [6.45, 7) is 0.244. The number of rotatable bonds is 5. The van der Waals surface area contributed by atoms with Gasteiger partial charge in [-0.25, -0.2) is 13.1 Å². The molecule has 0 fully saturated rings. The van der Waals surface area contributed by atoms with Gasteiger partial charge in [-0.2, -0.15) is 5.26 Å². The minimum absolute atomic E-state index is 0.00299. The molecule has 6 nitrogen and oxygen atoms in total. The number of hydrogen-bond donors (Lipinski definition) is 3. The Morgan fingerprint density at radius 1 is 1.33 bits per heavy atom. The van der Waals surface area contributed by atoms with Gasteiger partial charge in [-0.3, -0.25) is 0 Å². The largest absolute Gasteiger partial charge is 0.394 e. The number of aliphatic hydroxyl groups excluding tert-OH is 2. The molecule has 0 spiro atoms. The standard InChI is InChI=1S/C11H14N2O4S/c1-11(7-14,8-15)13-18(16,17)10-5-3-2-4-9(10)6-12/h2-5,13-15H,7-8H2,1H3. The zero-order valence-electron chi connectivity index (χ0n) is 9.79. The Balaban J connectivity index is 3.20. The molecule has 0 aliphatic rings. The van der Waals surface area contributed by atoms with Crippen LogP contribution in [-0.2, 0) is 10.0 Å². The third-order valence-corrected chi connectivity index (χ3v) is 4.07. The zero-order chi connectivity index (χ0) is 13.8. The molecule has 0 atom stereocenters. The number of aliphatic hydroxyl groups is 2. The summed E-state index contributed by atoms with van der Waals surface area (Å²) >= 11 is 0. The van der Waals surface area contributed by atoms with E-state index in [9.17, 15) is 8.42 Å². The van der Waals surface area contributed by atoms with Crippen LogP contribution in [0.25, 0.3) is 0 Å². The molecule has 0 aliphatic carbocycles. The molecule has 0 bridgehead atoms. The van der Waals surface area contributed by atoms with Crippen LogP contribution >= 0.6 is 0 Å². The number of nitrogens with one attached hydrogen (secondary N) is 1. The van der Waals surface area contributed by atoms with Crippen LogP contribution in [0, 0.1) is 11.3 Å². The highest BCUT2D eigenvalue weighted by molar-refractivity contribution is 7.89. The van der Waals surface area contributed by atoms with Crippen LogP contribution in [0.4, 0.5) is 0 Å². The number of nitrogens with zero attached hydrogens (tertiary/aromatic N) is 1. The molecule has 0 unspecified atom stereocenters. The van der Waals surface area contributed by atoms with Crippen LogP contribution in [0.1, 0.15) is 12.5 Å². The maximum atomic E-state index is 12.1. The van der Waals surface area contributed by atoms with Gasteiger partial charge in [0.2, 0.25) is 10.0 Å². The first-order valence-corrected chi connectivity index (χ1v) is 6.62. The van der Waals surface area contributed by atoms with Crippen LogP contribution in [-0.4, -0.2) is 37.4 Å². The summed E-state index contributed by atoms with van der Waals surface area (Å²) in [5.74, 6) is 0. The van der Waals surface area contributed by atoms with Crippen LogP contribution in [0.15, 0.2) is 29.2 Å². The highest BCUT2D eigenvalue weighted by Gasteiger charge is 2.30. The SMILES string of the molecule is CC(CO)(CO)NS(=O)(=O)c1ccccc1C#N. The zero-order valence-corrected chi connectivity index (χ0v) is 10.6. The predicted octanol–water partition coefficient (Wildman–Crippen LogP) is -0.420. The fourth-order valence-electron chi connectivity index (χ4n) is 1.29. The van der Waals surface area contributed by atoms with Gasteiger partial charge in [0.1, 0.15) is 6.07 Å². The van der Waals surface area contributed by atoms with E-state index in [-0.39, 0.29) is 10.5 Å². The summed E-state index contributed by atoms with van der Waals surface area (Å²) in [5, 5.41) is 27.0. The van der Waals surface area contributed by atoms with E-state index < -0.39 is 28.8 Å². The lowest BCUT2D eigenvalue weighted by Gasteiger charge is -2.25. The lowest BCUT2D eigenvalue weighted by Crippen LogP contribution is -2.51. The average Bonchev–Trinajstić information content (AvgIpc) is 2.38. The Bertz CT molecular complexity index is 559. The molecule has 0 radical (unpaired) electrons. The Kier molecular flexibility index (Phi) is 4.43. The van der Waals surface area contributed by atoms with E-state index in [0.717, 1.165) is 0 Å². The van der Waals surface area contributed by atoms with Gasteiger partial charge in [-0.15, -0.1) is 0 Å². The fourth-order valence-corrected chi connectivity index (χ4v) is 2.84. The molecular formula is C11H14N2O4S. The van der Waals surface area contributed by atoms with Crippen molar-refractivity contribution in [1.29, 1.82) is 5.26 Å². The Hall–Kier alpha value is -1.46. The first kappa shape index (κ1) is 14.6. The van der Waals surface area contributed by atoms with Crippen molar-refractivity contribution < 1.29 is 18.6 Å². The normalized spacial score (nSPS) is 12.1. The van der Waals surface area contributed by atoms with Crippen molar-refractivity contribution in [3.05, 3.63) is 29.8 Å². The summed E-state index contributed by atoms with van der Waals surface area (Å²) in [5.41, 5.74) is -1.37. The van der Waals surface area contributed by atoms with E-state index in [4.69, 9.17) is 15.5 Å². The van der Waals surface area contributed by atoms with E-state index in [1.165, 1.54) is 25.1 Å². The van der Waals surface area contributed by atoms with Crippen LogP contribution in [0.2, 0.25) is 0 Å². The molecular weight excluding hydrogens is 256 g/mol. The van der Waals surface area contributed by atoms with E-state index >= 15 is 0 Å². The van der Waals surface area contributed by atoms with Gasteiger partial charge in [0.25, 0.3) is 0 Å². The average molecular weight is 270 g/mol. The highest BCUT2D eigenvalue weighted by atomic mass is 32.2. The molecule has 0 saturated heterocycles. The van der Waals surface area contributed by atoms with E-state index in [2.05, 4.69) is 4.72 Å². The molecule has 3 N–H and O–H groups in total. The van der Waals surface area contributed by atoms with Crippen LogP contribution in [0.5, 0.6) is 0 Å². The molecule has 0 aliphatic heterocycles. The van der Waals surface area contributed by atoms with E-state index in [1.807, 2.05) is 0 Å². The molecule has 0 heterocycles. The number of nitriles is 1. The second-order valence-corrected chi connectivity index (χ2v) is 5.74. The summed E-state index contributed by atoms with van der Waals surface area (Å²) in [4.78, 5) is -0.180. The van der Waals surface area contributed by atoms with Gasteiger partial charge in [-0.05, 0) is 19.1 Å². The van der Waals surface area contributed by atoms with Gasteiger partial charge < -0.3 is 10.2 Å². The minimum Gasteiger partial charge on any atom is -0.394 e. The first-order chi connectivity index (χ1) is 8.38. The molecule has 0 amide bonds. The van der Waals surface area contributed by atoms with Gasteiger partial charge in [0.05, 0.1) is 29.2 Å². The van der Waals surface area contributed by atoms with Crippen molar-refractivity contribution in [1.82, 2.24) is 4.72 Å². The topological polar surface area (TPSA) is 110 Å². The fraction of sp³-hybridized carbons (Fsp3) is 0.364. The summed E-state index contributed by atoms with van der Waals surface area (Å²) < 4.78 is 26.3. The quantitative estimate of drug-likeness (QED) is 0.673. The number of hydrogen-bond acceptors (Lipinski definition) is 5. The molecule has 1 rings (SSSR count). The van der Waals surface area contributed by atoms with Crippen molar-refractivity contribution in [2.24, 2.45) is 0 Å². The molecule has 1 aromatic carbocycles. The maximum absolute atomic E-state index is 12.1. The summed E-state index contributed by atoms with van der Waals surface area (Å²) in [6.07, 6.45) is 0. The molecule has 0 saturated carbocycles. The van der Waals surface area contributed by atoms with Gasteiger partial charge >= 0.3 is 0 Å². The monoisotopic (exact) mass is 270 g/mol. The lowest BCUT2D eigenvalue weighted by atomic mass is 10.1. The third-order valence-electron chi connectivity index (χ3n) is 2.38. The summed E-state index contributed by atoms with van der Waals surface area (Å²) in [7, 11) is -3.98. The molecule has 98 valence electrons.